The summed E-state index contributed by atoms with van der Waals surface area (Å²) in [6, 6.07) is 13.9. The molecular formula is C20H26N4O3. The third-order valence-corrected chi connectivity index (χ3v) is 5.09. The van der Waals surface area contributed by atoms with Gasteiger partial charge in [0.25, 0.3) is 0 Å². The predicted molar refractivity (Wildman–Crippen MR) is 102 cm³/mol. The number of rotatable bonds is 5. The quantitative estimate of drug-likeness (QED) is 0.741. The van der Waals surface area contributed by atoms with Crippen LogP contribution < -0.4 is 21.1 Å². The van der Waals surface area contributed by atoms with E-state index in [-0.39, 0.29) is 24.1 Å². The Bertz CT molecular complexity index is 764. The summed E-state index contributed by atoms with van der Waals surface area (Å²) in [4.78, 5) is 14.8. The summed E-state index contributed by atoms with van der Waals surface area (Å²) < 4.78 is 11.5. The molecule has 144 valence electrons. The molecule has 3 unspecified atom stereocenters. The normalized spacial score (nSPS) is 25.5. The van der Waals surface area contributed by atoms with Gasteiger partial charge >= 0.3 is 0 Å². The maximum atomic E-state index is 12.5. The number of nitrogens with zero attached hydrogens (tertiary/aromatic N) is 1. The average molecular weight is 370 g/mol. The van der Waals surface area contributed by atoms with Crippen LogP contribution in [0.15, 0.2) is 46.9 Å². The summed E-state index contributed by atoms with van der Waals surface area (Å²) in [5.41, 5.74) is 7.39. The number of morpholine rings is 1. The lowest BCUT2D eigenvalue weighted by molar-refractivity contribution is -0.123. The largest absolute Gasteiger partial charge is 0.465 e. The molecule has 2 aliphatic heterocycles. The Morgan fingerprint density at radius 2 is 2.07 bits per heavy atom. The first-order valence-electron chi connectivity index (χ1n) is 9.46. The standard InChI is InChI=1S/C20H26N4O3/c1-14-7-8-19(27-14)17-11-18(23-22-17)20(25)21-12-16-13-24(9-10-26-16)15-5-3-2-4-6-15/h2-8,16-18,22-23H,9-13H2,1H3,(H,21,25). The summed E-state index contributed by atoms with van der Waals surface area (Å²) in [7, 11) is 0. The molecule has 1 aromatic carbocycles. The Hall–Kier alpha value is -2.35. The van der Waals surface area contributed by atoms with Crippen LogP contribution in [0.25, 0.3) is 0 Å². The molecule has 7 heteroatoms. The van der Waals surface area contributed by atoms with Gasteiger partial charge in [0.1, 0.15) is 17.6 Å². The van der Waals surface area contributed by atoms with E-state index in [0.717, 1.165) is 24.6 Å². The van der Waals surface area contributed by atoms with Crippen LogP contribution in [0.5, 0.6) is 0 Å². The smallest absolute Gasteiger partial charge is 0.238 e. The van der Waals surface area contributed by atoms with Crippen LogP contribution in [0, 0.1) is 6.92 Å². The molecule has 0 radical (unpaired) electrons. The predicted octanol–water partition coefficient (Wildman–Crippen LogP) is 1.52. The third-order valence-electron chi connectivity index (χ3n) is 5.09. The van der Waals surface area contributed by atoms with Crippen LogP contribution in [0.3, 0.4) is 0 Å². The molecule has 1 amide bonds. The van der Waals surface area contributed by atoms with E-state index in [4.69, 9.17) is 9.15 Å². The van der Waals surface area contributed by atoms with Crippen molar-refractivity contribution in [1.82, 2.24) is 16.2 Å². The fourth-order valence-corrected chi connectivity index (χ4v) is 3.61. The zero-order chi connectivity index (χ0) is 18.6. The van der Waals surface area contributed by atoms with Crippen LogP contribution in [-0.4, -0.2) is 44.3 Å². The number of furan rings is 1. The summed E-state index contributed by atoms with van der Waals surface area (Å²) >= 11 is 0. The average Bonchev–Trinajstić information content (AvgIpc) is 3.36. The van der Waals surface area contributed by atoms with Crippen molar-refractivity contribution < 1.29 is 13.9 Å². The number of amides is 1. The second kappa shape index (κ2) is 8.12. The van der Waals surface area contributed by atoms with Crippen LogP contribution in [0.4, 0.5) is 5.69 Å². The Labute approximate surface area is 159 Å². The molecule has 2 aliphatic rings. The van der Waals surface area contributed by atoms with Gasteiger partial charge in [0.2, 0.25) is 5.91 Å². The fraction of sp³-hybridized carbons (Fsp3) is 0.450. The lowest BCUT2D eigenvalue weighted by Crippen LogP contribution is -2.50. The number of hydrazine groups is 1. The minimum absolute atomic E-state index is 0.00829. The topological polar surface area (TPSA) is 78.8 Å². The second-order valence-corrected chi connectivity index (χ2v) is 7.10. The number of hydrogen-bond acceptors (Lipinski definition) is 6. The number of carbonyl (C=O) groups is 1. The van der Waals surface area contributed by atoms with Gasteiger partial charge in [-0.05, 0) is 37.6 Å². The third kappa shape index (κ3) is 4.32. The number of aryl methyl sites for hydroxylation is 1. The van der Waals surface area contributed by atoms with Crippen molar-refractivity contribution in [3.05, 3.63) is 54.0 Å². The molecule has 0 spiro atoms. The first-order valence-corrected chi connectivity index (χ1v) is 9.46. The van der Waals surface area contributed by atoms with Crippen molar-refractivity contribution in [2.24, 2.45) is 0 Å². The van der Waals surface area contributed by atoms with E-state index in [1.165, 1.54) is 5.69 Å². The van der Waals surface area contributed by atoms with Gasteiger partial charge in [-0.1, -0.05) is 18.2 Å². The summed E-state index contributed by atoms with van der Waals surface area (Å²) in [6.45, 7) is 4.73. The van der Waals surface area contributed by atoms with Crippen molar-refractivity contribution in [3.63, 3.8) is 0 Å². The highest BCUT2D eigenvalue weighted by Crippen LogP contribution is 2.24. The van der Waals surface area contributed by atoms with Gasteiger partial charge in [-0.3, -0.25) is 4.79 Å². The van der Waals surface area contributed by atoms with Gasteiger partial charge in [0.05, 0.1) is 18.8 Å². The summed E-state index contributed by atoms with van der Waals surface area (Å²) in [6.07, 6.45) is 0.640. The second-order valence-electron chi connectivity index (χ2n) is 7.10. The number of anilines is 1. The molecule has 0 aliphatic carbocycles. The first kappa shape index (κ1) is 18.0. The van der Waals surface area contributed by atoms with Gasteiger partial charge in [0.15, 0.2) is 0 Å². The van der Waals surface area contributed by atoms with E-state index in [2.05, 4.69) is 33.2 Å². The summed E-state index contributed by atoms with van der Waals surface area (Å²) in [5, 5.41) is 3.02. The molecule has 3 heterocycles. The number of para-hydroxylation sites is 1. The maximum absolute atomic E-state index is 12.5. The maximum Gasteiger partial charge on any atom is 0.238 e. The zero-order valence-corrected chi connectivity index (χ0v) is 15.5. The molecule has 2 fully saturated rings. The molecule has 2 saturated heterocycles. The van der Waals surface area contributed by atoms with E-state index in [9.17, 15) is 4.79 Å². The Morgan fingerprint density at radius 1 is 1.22 bits per heavy atom. The van der Waals surface area contributed by atoms with Gasteiger partial charge < -0.3 is 19.4 Å². The Balaban J connectivity index is 1.25. The van der Waals surface area contributed by atoms with Crippen molar-refractivity contribution >= 4 is 11.6 Å². The van der Waals surface area contributed by atoms with Gasteiger partial charge in [-0.15, -0.1) is 0 Å². The number of carbonyl (C=O) groups excluding carboxylic acids is 1. The molecule has 2 aromatic rings. The van der Waals surface area contributed by atoms with E-state index in [0.29, 0.717) is 19.6 Å². The molecule has 1 aromatic heterocycles. The van der Waals surface area contributed by atoms with Crippen molar-refractivity contribution in [2.45, 2.75) is 31.5 Å². The van der Waals surface area contributed by atoms with Gasteiger partial charge in [-0.2, -0.15) is 0 Å². The van der Waals surface area contributed by atoms with Crippen molar-refractivity contribution in [2.75, 3.05) is 31.1 Å². The van der Waals surface area contributed by atoms with E-state index < -0.39 is 0 Å². The molecule has 27 heavy (non-hydrogen) atoms. The Kier molecular flexibility index (Phi) is 5.42. The van der Waals surface area contributed by atoms with Crippen LogP contribution in [-0.2, 0) is 9.53 Å². The molecule has 0 bridgehead atoms. The molecule has 3 atom stereocenters. The van der Waals surface area contributed by atoms with Crippen molar-refractivity contribution in [1.29, 1.82) is 0 Å². The minimum atomic E-state index is -0.283. The van der Waals surface area contributed by atoms with Crippen LogP contribution in [0.1, 0.15) is 24.0 Å². The summed E-state index contributed by atoms with van der Waals surface area (Å²) in [5.74, 6) is 1.70. The van der Waals surface area contributed by atoms with Crippen LogP contribution in [0.2, 0.25) is 0 Å². The van der Waals surface area contributed by atoms with E-state index >= 15 is 0 Å². The fourth-order valence-electron chi connectivity index (χ4n) is 3.61. The van der Waals surface area contributed by atoms with Gasteiger partial charge in [0, 0.05) is 25.3 Å². The lowest BCUT2D eigenvalue weighted by Gasteiger charge is -2.34. The lowest BCUT2D eigenvalue weighted by atomic mass is 10.1. The van der Waals surface area contributed by atoms with E-state index in [1.807, 2.05) is 37.3 Å². The molecule has 3 N–H and O–H groups in total. The highest BCUT2D eigenvalue weighted by molar-refractivity contribution is 5.82. The van der Waals surface area contributed by atoms with Gasteiger partial charge in [-0.25, -0.2) is 10.9 Å². The monoisotopic (exact) mass is 370 g/mol. The molecular weight excluding hydrogens is 344 g/mol. The van der Waals surface area contributed by atoms with Crippen molar-refractivity contribution in [3.8, 4) is 0 Å². The van der Waals surface area contributed by atoms with E-state index in [1.54, 1.807) is 0 Å². The number of benzene rings is 1. The van der Waals surface area contributed by atoms with Crippen LogP contribution >= 0.6 is 0 Å². The molecule has 4 rings (SSSR count). The first-order chi connectivity index (χ1) is 13.2. The minimum Gasteiger partial charge on any atom is -0.465 e. The number of hydrogen-bond donors (Lipinski definition) is 3. The highest BCUT2D eigenvalue weighted by Gasteiger charge is 2.32. The molecule has 7 nitrogen and oxygen atoms in total. The number of nitrogens with one attached hydrogen (secondary N) is 3. The SMILES string of the molecule is Cc1ccc(C2CC(C(=O)NCC3CN(c4ccccc4)CCO3)NN2)o1. The molecule has 0 saturated carbocycles. The highest BCUT2D eigenvalue weighted by atomic mass is 16.5. The Morgan fingerprint density at radius 3 is 2.85 bits per heavy atom. The zero-order valence-electron chi connectivity index (χ0n) is 15.5. The number of ether oxygens (including phenoxy) is 1.